The number of hydrogen-bond acceptors (Lipinski definition) is 4. The van der Waals surface area contributed by atoms with Crippen molar-refractivity contribution in [3.8, 4) is 0 Å². The van der Waals surface area contributed by atoms with Crippen LogP contribution >= 0.6 is 0 Å². The second-order valence-corrected chi connectivity index (χ2v) is 2.54. The summed E-state index contributed by atoms with van der Waals surface area (Å²) in [5, 5.41) is 8.27. The third-order valence-electron chi connectivity index (χ3n) is 1.10. The van der Waals surface area contributed by atoms with E-state index >= 15 is 0 Å². The summed E-state index contributed by atoms with van der Waals surface area (Å²) in [6.07, 6.45) is 1.49. The molecule has 0 fully saturated rings. The molecule has 0 aromatic carbocycles. The number of hydroxylamine groups is 1. The van der Waals surface area contributed by atoms with Crippen molar-refractivity contribution in [2.75, 3.05) is 6.54 Å². The normalized spacial score (nSPS) is 21.3. The summed E-state index contributed by atoms with van der Waals surface area (Å²) in [4.78, 5) is 0. The molecule has 0 amide bonds. The molecule has 1 heterocycles. The van der Waals surface area contributed by atoms with Crippen molar-refractivity contribution in [1.29, 1.82) is 0 Å². The summed E-state index contributed by atoms with van der Waals surface area (Å²) < 4.78 is 10.3. The molecule has 0 aromatic heterocycles. The van der Waals surface area contributed by atoms with Crippen LogP contribution in [-0.2, 0) is 9.47 Å². The Hall–Kier alpha value is -0.740. The summed E-state index contributed by atoms with van der Waals surface area (Å²) in [5.41, 5.74) is 1.97. The van der Waals surface area contributed by atoms with E-state index in [1.807, 2.05) is 5.48 Å². The van der Waals surface area contributed by atoms with Crippen molar-refractivity contribution in [3.63, 3.8) is 0 Å². The quantitative estimate of drug-likeness (QED) is 0.558. The maximum absolute atomic E-state index is 8.27. The molecule has 0 saturated heterocycles. The third kappa shape index (κ3) is 1.62. The number of nitrogens with one attached hydrogen (secondary N) is 1. The van der Waals surface area contributed by atoms with Gasteiger partial charge in [-0.1, -0.05) is 0 Å². The van der Waals surface area contributed by atoms with E-state index < -0.39 is 5.79 Å². The van der Waals surface area contributed by atoms with Crippen LogP contribution in [0.15, 0.2) is 12.0 Å². The molecule has 0 bridgehead atoms. The highest BCUT2D eigenvalue weighted by atomic mass is 16.7. The Morgan fingerprint density at radius 2 is 2.40 bits per heavy atom. The fourth-order valence-corrected chi connectivity index (χ4v) is 0.727. The standard InChI is InChI=1S/C6H11NO3/c1-6(2)9-4-5(10-6)3-7-8/h4,7-8H,3H2,1-2H3. The highest BCUT2D eigenvalue weighted by Crippen LogP contribution is 2.23. The lowest BCUT2D eigenvalue weighted by Crippen LogP contribution is -2.22. The molecular formula is C6H11NO3. The number of hydrogen-bond donors (Lipinski definition) is 2. The fourth-order valence-electron chi connectivity index (χ4n) is 0.727. The molecule has 0 saturated carbocycles. The van der Waals surface area contributed by atoms with Crippen LogP contribution in [0.25, 0.3) is 0 Å². The first-order chi connectivity index (χ1) is 4.64. The molecule has 1 aliphatic rings. The fraction of sp³-hybridized carbons (Fsp3) is 0.667. The van der Waals surface area contributed by atoms with Crippen LogP contribution in [0.2, 0.25) is 0 Å². The van der Waals surface area contributed by atoms with Gasteiger partial charge in [0.1, 0.15) is 6.26 Å². The molecule has 58 valence electrons. The van der Waals surface area contributed by atoms with E-state index in [9.17, 15) is 0 Å². The number of ether oxygens (including phenoxy) is 2. The van der Waals surface area contributed by atoms with Gasteiger partial charge >= 0.3 is 0 Å². The van der Waals surface area contributed by atoms with Gasteiger partial charge in [0.05, 0.1) is 6.54 Å². The summed E-state index contributed by atoms with van der Waals surface area (Å²) >= 11 is 0. The SMILES string of the molecule is CC1(C)OC=C(CNO)O1. The first-order valence-corrected chi connectivity index (χ1v) is 3.07. The average molecular weight is 145 g/mol. The maximum atomic E-state index is 8.27. The van der Waals surface area contributed by atoms with E-state index in [1.165, 1.54) is 6.26 Å². The van der Waals surface area contributed by atoms with Gasteiger partial charge in [0.2, 0.25) is 5.79 Å². The predicted molar refractivity (Wildman–Crippen MR) is 34.1 cm³/mol. The van der Waals surface area contributed by atoms with E-state index in [0.29, 0.717) is 5.76 Å². The molecule has 0 radical (unpaired) electrons. The highest BCUT2D eigenvalue weighted by Gasteiger charge is 2.26. The lowest BCUT2D eigenvalue weighted by atomic mass is 10.4. The van der Waals surface area contributed by atoms with E-state index in [2.05, 4.69) is 0 Å². The van der Waals surface area contributed by atoms with Gasteiger partial charge in [0.15, 0.2) is 5.76 Å². The molecule has 0 aromatic rings. The van der Waals surface area contributed by atoms with Crippen LogP contribution in [0.1, 0.15) is 13.8 Å². The molecule has 0 spiro atoms. The molecule has 10 heavy (non-hydrogen) atoms. The van der Waals surface area contributed by atoms with Crippen LogP contribution in [0.4, 0.5) is 0 Å². The Bertz CT molecular complexity index is 153. The Balaban J connectivity index is 2.39. The molecule has 1 aliphatic heterocycles. The van der Waals surface area contributed by atoms with Gasteiger partial charge in [0.25, 0.3) is 0 Å². The summed E-state index contributed by atoms with van der Waals surface area (Å²) in [6, 6.07) is 0. The Kier molecular flexibility index (Phi) is 1.82. The van der Waals surface area contributed by atoms with Crippen LogP contribution in [-0.4, -0.2) is 17.5 Å². The van der Waals surface area contributed by atoms with Crippen molar-refractivity contribution in [2.45, 2.75) is 19.6 Å². The largest absolute Gasteiger partial charge is 0.457 e. The smallest absolute Gasteiger partial charge is 0.244 e. The third-order valence-corrected chi connectivity index (χ3v) is 1.10. The first-order valence-electron chi connectivity index (χ1n) is 3.07. The Morgan fingerprint density at radius 3 is 2.80 bits per heavy atom. The summed E-state index contributed by atoms with van der Waals surface area (Å²) in [7, 11) is 0. The lowest BCUT2D eigenvalue weighted by Gasteiger charge is -2.17. The van der Waals surface area contributed by atoms with Gasteiger partial charge in [-0.25, -0.2) is 0 Å². The monoisotopic (exact) mass is 145 g/mol. The summed E-state index contributed by atoms with van der Waals surface area (Å²) in [5.74, 6) is 0.0270. The second-order valence-electron chi connectivity index (χ2n) is 2.54. The van der Waals surface area contributed by atoms with Crippen LogP contribution in [0.3, 0.4) is 0 Å². The number of rotatable bonds is 2. The Labute approximate surface area is 59.4 Å². The highest BCUT2D eigenvalue weighted by molar-refractivity contribution is 4.96. The molecule has 0 unspecified atom stereocenters. The zero-order valence-corrected chi connectivity index (χ0v) is 6.05. The van der Waals surface area contributed by atoms with Crippen molar-refractivity contribution < 1.29 is 14.7 Å². The molecule has 2 N–H and O–H groups in total. The maximum Gasteiger partial charge on any atom is 0.244 e. The van der Waals surface area contributed by atoms with Gasteiger partial charge in [-0.15, -0.1) is 0 Å². The van der Waals surface area contributed by atoms with E-state index in [-0.39, 0.29) is 6.54 Å². The van der Waals surface area contributed by atoms with Crippen molar-refractivity contribution in [3.05, 3.63) is 12.0 Å². The molecule has 1 rings (SSSR count). The minimum atomic E-state index is -0.577. The second kappa shape index (κ2) is 2.48. The van der Waals surface area contributed by atoms with Gasteiger partial charge in [-0.2, -0.15) is 5.48 Å². The van der Waals surface area contributed by atoms with Crippen LogP contribution in [0.5, 0.6) is 0 Å². The van der Waals surface area contributed by atoms with E-state index in [4.69, 9.17) is 14.7 Å². The van der Waals surface area contributed by atoms with E-state index in [0.717, 1.165) is 0 Å². The van der Waals surface area contributed by atoms with Crippen molar-refractivity contribution in [2.24, 2.45) is 0 Å². The summed E-state index contributed by atoms with van der Waals surface area (Å²) in [6.45, 7) is 3.88. The van der Waals surface area contributed by atoms with Gasteiger partial charge in [-0.3, -0.25) is 0 Å². The molecule has 0 aliphatic carbocycles. The zero-order valence-electron chi connectivity index (χ0n) is 6.05. The molecule has 4 heteroatoms. The van der Waals surface area contributed by atoms with Gasteiger partial charge in [-0.05, 0) is 0 Å². The molecule has 0 atom stereocenters. The molecular weight excluding hydrogens is 134 g/mol. The van der Waals surface area contributed by atoms with Gasteiger partial charge < -0.3 is 14.7 Å². The molecule has 4 nitrogen and oxygen atoms in total. The first kappa shape index (κ1) is 7.37. The minimum Gasteiger partial charge on any atom is -0.457 e. The van der Waals surface area contributed by atoms with Crippen LogP contribution < -0.4 is 5.48 Å². The van der Waals surface area contributed by atoms with Crippen molar-refractivity contribution >= 4 is 0 Å². The van der Waals surface area contributed by atoms with Crippen molar-refractivity contribution in [1.82, 2.24) is 5.48 Å². The van der Waals surface area contributed by atoms with Gasteiger partial charge in [0, 0.05) is 13.8 Å². The lowest BCUT2D eigenvalue weighted by molar-refractivity contribution is -0.118. The van der Waals surface area contributed by atoms with Crippen LogP contribution in [0, 0.1) is 0 Å². The Morgan fingerprint density at radius 1 is 1.70 bits per heavy atom. The average Bonchev–Trinajstić information content (AvgIpc) is 2.12. The topological polar surface area (TPSA) is 50.7 Å². The predicted octanol–water partition coefficient (Wildman–Crippen LogP) is 0.589. The van der Waals surface area contributed by atoms with E-state index in [1.54, 1.807) is 13.8 Å². The zero-order chi connectivity index (χ0) is 7.61. The minimum absolute atomic E-state index is 0.281.